The summed E-state index contributed by atoms with van der Waals surface area (Å²) in [5.41, 5.74) is 2.34. The lowest BCUT2D eigenvalue weighted by molar-refractivity contribution is -0.137. The van der Waals surface area contributed by atoms with E-state index < -0.39 is 35.4 Å². The number of halogens is 3. The molecule has 0 saturated carbocycles. The third-order valence-corrected chi connectivity index (χ3v) is 7.39. The van der Waals surface area contributed by atoms with Crippen molar-refractivity contribution in [1.82, 2.24) is 14.9 Å². The number of ether oxygens (including phenoxy) is 1. The first-order valence-electron chi connectivity index (χ1n) is 14.1. The Bertz CT molecular complexity index is 1490. The minimum absolute atomic E-state index is 0.0624. The number of aromatic nitrogens is 2. The van der Waals surface area contributed by atoms with Crippen LogP contribution in [0.4, 0.5) is 35.2 Å². The number of alkyl halides is 3. The molecule has 1 saturated heterocycles. The highest BCUT2D eigenvalue weighted by Gasteiger charge is 2.37. The number of anilines is 3. The van der Waals surface area contributed by atoms with Crippen molar-refractivity contribution in [2.45, 2.75) is 77.1 Å². The minimum Gasteiger partial charge on any atom is -0.444 e. The second-order valence-electron chi connectivity index (χ2n) is 11.6. The highest BCUT2D eigenvalue weighted by Crippen LogP contribution is 2.37. The number of hydrogen-bond acceptors (Lipinski definition) is 6. The predicted molar refractivity (Wildman–Crippen MR) is 153 cm³/mol. The van der Waals surface area contributed by atoms with Gasteiger partial charge in [0.1, 0.15) is 23.8 Å². The molecule has 5 rings (SSSR count). The molecule has 1 aliphatic carbocycles. The summed E-state index contributed by atoms with van der Waals surface area (Å²) < 4.78 is 46.5. The second-order valence-corrected chi connectivity index (χ2v) is 11.6. The lowest BCUT2D eigenvalue weighted by Crippen LogP contribution is -2.45. The van der Waals surface area contributed by atoms with E-state index in [9.17, 15) is 22.8 Å². The summed E-state index contributed by atoms with van der Waals surface area (Å²) in [6.45, 7) is 5.49. The number of amides is 2. The molecule has 2 aliphatic rings. The summed E-state index contributed by atoms with van der Waals surface area (Å²) in [7, 11) is 0. The Kier molecular flexibility index (Phi) is 8.12. The monoisotopic (exact) mass is 581 g/mol. The molecule has 1 unspecified atom stereocenters. The zero-order valence-electron chi connectivity index (χ0n) is 23.8. The van der Waals surface area contributed by atoms with Crippen LogP contribution in [0.1, 0.15) is 63.1 Å². The number of fused-ring (bicyclic) bond motifs is 1. The van der Waals surface area contributed by atoms with Gasteiger partial charge in [-0.25, -0.2) is 14.8 Å². The molecule has 0 spiro atoms. The molecule has 2 aromatic carbocycles. The van der Waals surface area contributed by atoms with Crippen LogP contribution in [-0.2, 0) is 28.5 Å². The molecule has 2 N–H and O–H groups in total. The van der Waals surface area contributed by atoms with Gasteiger partial charge in [-0.05, 0) is 88.6 Å². The molecule has 2 heterocycles. The predicted octanol–water partition coefficient (Wildman–Crippen LogP) is 7.12. The van der Waals surface area contributed by atoms with Crippen molar-refractivity contribution in [3.05, 3.63) is 65.5 Å². The van der Waals surface area contributed by atoms with E-state index in [1.165, 1.54) is 28.4 Å². The van der Waals surface area contributed by atoms with Gasteiger partial charge in [-0.1, -0.05) is 18.2 Å². The number of aryl methyl sites for hydroxylation is 1. The fourth-order valence-electron chi connectivity index (χ4n) is 5.45. The second kappa shape index (κ2) is 11.6. The van der Waals surface area contributed by atoms with Gasteiger partial charge in [-0.15, -0.1) is 0 Å². The molecule has 1 atom stereocenters. The van der Waals surface area contributed by atoms with Gasteiger partial charge in [0.05, 0.1) is 16.9 Å². The van der Waals surface area contributed by atoms with Crippen LogP contribution in [-0.4, -0.2) is 45.1 Å². The van der Waals surface area contributed by atoms with Crippen molar-refractivity contribution in [2.24, 2.45) is 0 Å². The maximum absolute atomic E-state index is 13.7. The van der Waals surface area contributed by atoms with Crippen LogP contribution >= 0.6 is 0 Å². The molecule has 11 heteroatoms. The van der Waals surface area contributed by atoms with Gasteiger partial charge in [0.25, 0.3) is 0 Å². The molecule has 3 aromatic rings. The smallest absolute Gasteiger partial charge is 0.416 e. The van der Waals surface area contributed by atoms with E-state index in [1.54, 1.807) is 26.8 Å². The number of nitrogens with zero attached hydrogens (tertiary/aromatic N) is 3. The number of carbonyl (C=O) groups is 2. The number of nitrogens with one attached hydrogen (secondary N) is 2. The number of benzene rings is 2. The summed E-state index contributed by atoms with van der Waals surface area (Å²) >= 11 is 0. The molecule has 42 heavy (non-hydrogen) atoms. The van der Waals surface area contributed by atoms with E-state index >= 15 is 0 Å². The van der Waals surface area contributed by atoms with Crippen LogP contribution in [0.5, 0.6) is 0 Å². The fraction of sp³-hybridized carbons (Fsp3) is 0.419. The Hall–Kier alpha value is -4.15. The number of rotatable bonds is 5. The molecular weight excluding hydrogens is 547 g/mol. The minimum atomic E-state index is -4.63. The molecule has 222 valence electrons. The van der Waals surface area contributed by atoms with E-state index in [4.69, 9.17) is 4.74 Å². The van der Waals surface area contributed by atoms with Crippen molar-refractivity contribution in [3.63, 3.8) is 0 Å². The summed E-state index contributed by atoms with van der Waals surface area (Å²) in [5, 5.41) is 6.00. The van der Waals surface area contributed by atoms with E-state index in [2.05, 4.69) is 26.7 Å². The number of carbonyl (C=O) groups excluding carboxylic acids is 2. The molecule has 1 aromatic heterocycles. The average Bonchev–Trinajstić information content (AvgIpc) is 3.43. The van der Waals surface area contributed by atoms with Crippen molar-refractivity contribution in [3.8, 4) is 11.3 Å². The fourth-order valence-corrected chi connectivity index (χ4v) is 5.45. The number of likely N-dealkylation sites (tertiary alicyclic amines) is 1. The normalized spacial score (nSPS) is 17.0. The highest BCUT2D eigenvalue weighted by molar-refractivity contribution is 6.00. The summed E-state index contributed by atoms with van der Waals surface area (Å²) in [6.07, 6.45) is 1.21. The first-order chi connectivity index (χ1) is 19.9. The average molecular weight is 582 g/mol. The van der Waals surface area contributed by atoms with Crippen LogP contribution < -0.4 is 10.6 Å². The van der Waals surface area contributed by atoms with Gasteiger partial charge < -0.3 is 15.4 Å². The van der Waals surface area contributed by atoms with Gasteiger partial charge in [-0.3, -0.25) is 9.69 Å². The molecular formula is C31H34F3N5O3. The van der Waals surface area contributed by atoms with Gasteiger partial charge in [0, 0.05) is 23.9 Å². The molecule has 8 nitrogen and oxygen atoms in total. The Balaban J connectivity index is 1.44. The molecule has 0 bridgehead atoms. The molecule has 1 aliphatic heterocycles. The van der Waals surface area contributed by atoms with Gasteiger partial charge >= 0.3 is 12.3 Å². The van der Waals surface area contributed by atoms with Crippen molar-refractivity contribution < 1.29 is 27.5 Å². The quantitative estimate of drug-likeness (QED) is 0.333. The van der Waals surface area contributed by atoms with E-state index in [0.29, 0.717) is 36.5 Å². The van der Waals surface area contributed by atoms with E-state index in [1.807, 2.05) is 12.1 Å². The number of hydrogen-bond donors (Lipinski definition) is 2. The molecule has 2 amide bonds. The Morgan fingerprint density at radius 3 is 2.52 bits per heavy atom. The highest BCUT2D eigenvalue weighted by atomic mass is 19.4. The van der Waals surface area contributed by atoms with Gasteiger partial charge in [-0.2, -0.15) is 13.2 Å². The lowest BCUT2D eigenvalue weighted by Gasteiger charge is -2.28. The van der Waals surface area contributed by atoms with Crippen molar-refractivity contribution >= 4 is 29.2 Å². The Labute approximate surface area is 242 Å². The standard InChI is InChI=1S/C31H34F3N5O3/c1-30(2,3)42-29(41)39-15-7-12-26(39)28(40)38-25-16-20(31(32,33)34)13-14-22(25)24-17-27(36-18-35-24)37-23-11-6-9-19-8-4-5-10-21(19)23/h6,9,11,13-14,16-18,26H,4-5,7-8,10,12,15H2,1-3H3,(H,38,40)(H,35,36,37). The topological polar surface area (TPSA) is 96.5 Å². The lowest BCUT2D eigenvalue weighted by atomic mass is 9.90. The molecule has 1 fully saturated rings. The van der Waals surface area contributed by atoms with Gasteiger partial charge in [0.15, 0.2) is 0 Å². The largest absolute Gasteiger partial charge is 0.444 e. The van der Waals surface area contributed by atoms with E-state index in [0.717, 1.165) is 43.5 Å². The zero-order chi connectivity index (χ0) is 30.1. The van der Waals surface area contributed by atoms with E-state index in [-0.39, 0.29) is 5.69 Å². The van der Waals surface area contributed by atoms with Crippen molar-refractivity contribution in [2.75, 3.05) is 17.2 Å². The first-order valence-corrected chi connectivity index (χ1v) is 14.1. The van der Waals surface area contributed by atoms with Crippen LogP contribution in [0.25, 0.3) is 11.3 Å². The van der Waals surface area contributed by atoms with Crippen LogP contribution in [0, 0.1) is 0 Å². The third-order valence-electron chi connectivity index (χ3n) is 7.39. The van der Waals surface area contributed by atoms with Crippen LogP contribution in [0.15, 0.2) is 48.8 Å². The zero-order valence-corrected chi connectivity index (χ0v) is 23.8. The van der Waals surface area contributed by atoms with Crippen molar-refractivity contribution in [1.29, 1.82) is 0 Å². The summed E-state index contributed by atoms with van der Waals surface area (Å²) in [6, 6.07) is 9.98. The van der Waals surface area contributed by atoms with Crippen LogP contribution in [0.2, 0.25) is 0 Å². The first kappa shape index (κ1) is 29.3. The SMILES string of the molecule is CC(C)(C)OC(=O)N1CCCC1C(=O)Nc1cc(C(F)(F)F)ccc1-c1cc(Nc2cccc3c2CCCC3)ncn1. The third kappa shape index (κ3) is 6.66. The van der Waals surface area contributed by atoms with Crippen LogP contribution in [0.3, 0.4) is 0 Å². The summed E-state index contributed by atoms with van der Waals surface area (Å²) in [4.78, 5) is 36.1. The van der Waals surface area contributed by atoms with Gasteiger partial charge in [0.2, 0.25) is 5.91 Å². The summed E-state index contributed by atoms with van der Waals surface area (Å²) in [5.74, 6) is -0.120. The maximum Gasteiger partial charge on any atom is 0.416 e. The Morgan fingerprint density at radius 2 is 1.76 bits per heavy atom. The Morgan fingerprint density at radius 1 is 0.976 bits per heavy atom. The molecule has 0 radical (unpaired) electrons. The maximum atomic E-state index is 13.7.